The van der Waals surface area contributed by atoms with Gasteiger partial charge in [-0.25, -0.2) is 4.57 Å². The van der Waals surface area contributed by atoms with Gasteiger partial charge in [0.1, 0.15) is 24.4 Å². The van der Waals surface area contributed by atoms with Gasteiger partial charge in [-0.2, -0.15) is 65.9 Å². The van der Waals surface area contributed by atoms with E-state index >= 15 is 0 Å². The minimum Gasteiger partial charge on any atom is -0.387 e. The zero-order chi connectivity index (χ0) is 39.4. The molecule has 1 rings (SSSR count). The first kappa shape index (κ1) is 46.9. The number of rotatable bonds is 21. The van der Waals surface area contributed by atoms with Crippen molar-refractivity contribution in [1.82, 2.24) is 0 Å². The topological polar surface area (TPSA) is 146 Å². The van der Waals surface area contributed by atoms with Crippen molar-refractivity contribution >= 4 is 7.82 Å². The van der Waals surface area contributed by atoms with Crippen LogP contribution in [0.1, 0.15) is 71.1 Å². The van der Waals surface area contributed by atoms with Gasteiger partial charge in [0.2, 0.25) is 0 Å². The van der Waals surface area contributed by atoms with Gasteiger partial charge in [0.05, 0.1) is 12.7 Å². The number of hydrogen-bond donors (Lipinski definition) is 5. The molecule has 9 nitrogen and oxygen atoms in total. The van der Waals surface area contributed by atoms with Crippen LogP contribution in [0.5, 0.6) is 0 Å². The summed E-state index contributed by atoms with van der Waals surface area (Å²) in [5.41, 5.74) is 0. The summed E-state index contributed by atoms with van der Waals surface area (Å²) in [5.74, 6) is -47.6. The Labute approximate surface area is 274 Å². The molecular formula is C25H36F15O9P. The third-order valence-electron chi connectivity index (χ3n) is 7.67. The zero-order valence-corrected chi connectivity index (χ0v) is 26.6. The number of aliphatic hydroxyl groups excluding tert-OH is 4. The van der Waals surface area contributed by atoms with E-state index in [2.05, 4.69) is 13.8 Å². The van der Waals surface area contributed by atoms with Gasteiger partial charge in [0, 0.05) is 6.42 Å². The van der Waals surface area contributed by atoms with E-state index in [0.29, 0.717) is 12.8 Å². The molecule has 300 valence electrons. The normalized spacial score (nSPS) is 25.4. The first-order chi connectivity index (χ1) is 22.4. The monoisotopic (exact) mass is 796 g/mol. The van der Waals surface area contributed by atoms with Crippen molar-refractivity contribution in [3.05, 3.63) is 0 Å². The van der Waals surface area contributed by atoms with Crippen LogP contribution in [0.15, 0.2) is 0 Å². The van der Waals surface area contributed by atoms with Gasteiger partial charge in [-0.05, 0) is 12.8 Å². The Balaban J connectivity index is 3.23. The molecule has 0 aromatic carbocycles. The van der Waals surface area contributed by atoms with E-state index in [0.717, 1.165) is 19.3 Å². The Hall–Kier alpha value is -1.14. The molecular weight excluding hydrogens is 760 g/mol. The summed E-state index contributed by atoms with van der Waals surface area (Å²) in [7, 11) is -5.61. The standard InChI is InChI=1S/C25H36F15O9P/c1-2-3-4-5-6-7-8-9-13(49-50(45,46)47-12-14-15(41)16(42)17(43)18(44)48-14)10-11-19(26,27)20(28,29)21(30,31)22(32,33)23(34,35)24(36,37)25(38,39)40/h13-18,41-44H,2-12H2,1H3,(H,45,46)/t13?,14?,15-,16+,17?,18?/m1/s1. The van der Waals surface area contributed by atoms with Gasteiger partial charge in [0.15, 0.2) is 6.29 Å². The Bertz CT molecular complexity index is 1110. The highest BCUT2D eigenvalue weighted by Gasteiger charge is 2.93. The SMILES string of the molecule is CCCCCCCCCC(CCC(F)(F)C(F)(F)C(F)(F)C(F)(F)C(F)(F)C(F)(F)C(F)(F)F)OP(=O)(O)OCC1OC(O)C(O)[C@@H](O)[C@@H]1O. The van der Waals surface area contributed by atoms with Crippen LogP contribution in [0.3, 0.4) is 0 Å². The summed E-state index contributed by atoms with van der Waals surface area (Å²) in [6, 6.07) is 0. The van der Waals surface area contributed by atoms with Crippen molar-refractivity contribution in [2.75, 3.05) is 6.61 Å². The van der Waals surface area contributed by atoms with E-state index < -0.39 is 112 Å². The van der Waals surface area contributed by atoms with Crippen LogP contribution >= 0.6 is 7.82 Å². The van der Waals surface area contributed by atoms with E-state index in [9.17, 15) is 95.7 Å². The second-order valence-corrected chi connectivity index (χ2v) is 13.0. The van der Waals surface area contributed by atoms with Gasteiger partial charge in [-0.15, -0.1) is 0 Å². The molecule has 1 heterocycles. The van der Waals surface area contributed by atoms with Crippen LogP contribution in [0.25, 0.3) is 0 Å². The Morgan fingerprint density at radius 1 is 0.640 bits per heavy atom. The fourth-order valence-corrected chi connectivity index (χ4v) is 5.52. The van der Waals surface area contributed by atoms with Crippen LogP contribution in [0, 0.1) is 0 Å². The lowest BCUT2D eigenvalue weighted by molar-refractivity contribution is -0.452. The first-order valence-electron chi connectivity index (χ1n) is 14.7. The highest BCUT2D eigenvalue weighted by molar-refractivity contribution is 7.47. The lowest BCUT2D eigenvalue weighted by Gasteiger charge is -2.41. The van der Waals surface area contributed by atoms with Gasteiger partial charge >= 0.3 is 49.5 Å². The molecule has 5 N–H and O–H groups in total. The second kappa shape index (κ2) is 16.9. The van der Waals surface area contributed by atoms with Crippen molar-refractivity contribution in [3.63, 3.8) is 0 Å². The molecule has 0 aliphatic carbocycles. The highest BCUT2D eigenvalue weighted by Crippen LogP contribution is 2.63. The molecule has 1 aliphatic rings. The maximum absolute atomic E-state index is 14.5. The van der Waals surface area contributed by atoms with Crippen LogP contribution in [0.4, 0.5) is 65.9 Å². The van der Waals surface area contributed by atoms with Gasteiger partial charge in [-0.3, -0.25) is 9.05 Å². The summed E-state index contributed by atoms with van der Waals surface area (Å²) in [4.78, 5) is 10.0. The minimum atomic E-state index is -8.46. The van der Waals surface area contributed by atoms with Crippen molar-refractivity contribution in [2.24, 2.45) is 0 Å². The summed E-state index contributed by atoms with van der Waals surface area (Å²) < 4.78 is 230. The quantitative estimate of drug-likeness (QED) is 0.0494. The molecule has 0 aromatic heterocycles. The predicted octanol–water partition coefficient (Wildman–Crippen LogP) is 6.58. The predicted molar refractivity (Wildman–Crippen MR) is 137 cm³/mol. The minimum absolute atomic E-state index is 0.132. The second-order valence-electron chi connectivity index (χ2n) is 11.6. The molecule has 0 saturated carbocycles. The lowest BCUT2D eigenvalue weighted by atomic mass is 9.89. The zero-order valence-electron chi connectivity index (χ0n) is 25.7. The molecule has 0 aromatic rings. The first-order valence-corrected chi connectivity index (χ1v) is 16.2. The number of halogens is 15. The van der Waals surface area contributed by atoms with Crippen LogP contribution in [0.2, 0.25) is 0 Å². The Morgan fingerprint density at radius 2 is 1.10 bits per heavy atom. The molecule has 0 spiro atoms. The van der Waals surface area contributed by atoms with Crippen LogP contribution in [-0.4, -0.2) is 110 Å². The summed E-state index contributed by atoms with van der Waals surface area (Å²) >= 11 is 0. The smallest absolute Gasteiger partial charge is 0.387 e. The summed E-state index contributed by atoms with van der Waals surface area (Å²) in [6.45, 7) is 0.609. The Morgan fingerprint density at radius 3 is 1.60 bits per heavy atom. The number of alkyl halides is 15. The lowest BCUT2D eigenvalue weighted by Crippen LogP contribution is -2.72. The van der Waals surface area contributed by atoms with E-state index in [1.54, 1.807) is 0 Å². The number of unbranched alkanes of at least 4 members (excludes halogenated alkanes) is 6. The van der Waals surface area contributed by atoms with Gasteiger partial charge < -0.3 is 30.1 Å². The number of phosphoric ester groups is 1. The molecule has 25 heteroatoms. The van der Waals surface area contributed by atoms with Crippen molar-refractivity contribution in [3.8, 4) is 0 Å². The van der Waals surface area contributed by atoms with E-state index in [4.69, 9.17) is 0 Å². The average Bonchev–Trinajstić information content (AvgIpc) is 2.98. The molecule has 1 fully saturated rings. The van der Waals surface area contributed by atoms with Crippen molar-refractivity contribution in [1.29, 1.82) is 0 Å². The molecule has 0 bridgehead atoms. The number of hydrogen-bond acceptors (Lipinski definition) is 8. The van der Waals surface area contributed by atoms with Crippen LogP contribution < -0.4 is 0 Å². The van der Waals surface area contributed by atoms with Gasteiger partial charge in [0.25, 0.3) is 0 Å². The maximum Gasteiger partial charge on any atom is 0.472 e. The fraction of sp³-hybridized carbons (Fsp3) is 1.00. The van der Waals surface area contributed by atoms with E-state index in [1.807, 2.05) is 6.92 Å². The number of aliphatic hydroxyl groups is 4. The number of ether oxygens (including phenoxy) is 1. The maximum atomic E-state index is 14.5. The summed E-state index contributed by atoms with van der Waals surface area (Å²) in [6.07, 6.45) is -22.0. The molecule has 1 aliphatic heterocycles. The third-order valence-corrected chi connectivity index (χ3v) is 8.71. The van der Waals surface area contributed by atoms with Crippen molar-refractivity contribution < 1.29 is 110 Å². The third kappa shape index (κ3) is 10.1. The molecule has 0 radical (unpaired) electrons. The van der Waals surface area contributed by atoms with E-state index in [1.165, 1.54) is 0 Å². The summed E-state index contributed by atoms with van der Waals surface area (Å²) in [5, 5.41) is 38.5. The molecule has 5 unspecified atom stereocenters. The Kier molecular flexibility index (Phi) is 15.8. The van der Waals surface area contributed by atoms with Gasteiger partial charge in [-0.1, -0.05) is 51.9 Å². The molecule has 1 saturated heterocycles. The largest absolute Gasteiger partial charge is 0.472 e. The molecule has 50 heavy (non-hydrogen) atoms. The molecule has 7 atom stereocenters. The van der Waals surface area contributed by atoms with Crippen LogP contribution in [-0.2, 0) is 18.3 Å². The van der Waals surface area contributed by atoms with Crippen molar-refractivity contribution in [2.45, 2.75) is 150 Å². The molecule has 0 amide bonds. The highest BCUT2D eigenvalue weighted by atomic mass is 31.2. The fourth-order valence-electron chi connectivity index (χ4n) is 4.53. The van der Waals surface area contributed by atoms with E-state index in [-0.39, 0.29) is 12.8 Å². The average molecular weight is 796 g/mol. The number of phosphoric acid groups is 1.